The van der Waals surface area contributed by atoms with Crippen molar-refractivity contribution in [1.29, 1.82) is 0 Å². The third-order valence-electron chi connectivity index (χ3n) is 2.14. The first kappa shape index (κ1) is 7.09. The average Bonchev–Trinajstić information content (AvgIpc) is 2.26. The van der Waals surface area contributed by atoms with E-state index in [-0.39, 0.29) is 0 Å². The Kier molecular flexibility index (Phi) is 2.77. The van der Waals surface area contributed by atoms with E-state index in [0.717, 1.165) is 5.56 Å². The minimum absolute atomic E-state index is 0.343. The van der Waals surface area contributed by atoms with Crippen molar-refractivity contribution in [2.24, 2.45) is 0 Å². The highest BCUT2D eigenvalue weighted by molar-refractivity contribution is 5.15. The molecule has 0 radical (unpaired) electrons. The van der Waals surface area contributed by atoms with Crippen molar-refractivity contribution in [2.45, 2.75) is 19.3 Å². The molecule has 1 rings (SSSR count). The molecule has 0 aliphatic heterocycles. The Labute approximate surface area is 91.0 Å². The maximum absolute atomic E-state index is 7.57. The molecule has 74 valence electrons. The molecule has 0 aromatic heterocycles. The summed E-state index contributed by atoms with van der Waals surface area (Å²) in [4.78, 5) is 1.71. The molecule has 1 aromatic rings. The van der Waals surface area contributed by atoms with Gasteiger partial charge in [0.25, 0.3) is 0 Å². The second kappa shape index (κ2) is 5.47. The number of terminal acetylenes is 1. The van der Waals surface area contributed by atoms with Gasteiger partial charge >= 0.3 is 0 Å². The van der Waals surface area contributed by atoms with Crippen LogP contribution in [0.5, 0.6) is 0 Å². The minimum Gasteiger partial charge on any atom is -0.292 e. The molecule has 1 atom stereocenters. The number of benzene rings is 1. The van der Waals surface area contributed by atoms with Crippen molar-refractivity contribution in [3.8, 4) is 12.3 Å². The highest BCUT2D eigenvalue weighted by Crippen LogP contribution is 2.06. The highest BCUT2D eigenvalue weighted by atomic mass is 15.1. The normalized spacial score (nSPS) is 16.5. The topological polar surface area (TPSA) is 3.24 Å². The summed E-state index contributed by atoms with van der Waals surface area (Å²) in [5.41, 5.74) is 1.01. The predicted molar refractivity (Wildman–Crippen MR) is 61.1 cm³/mol. The first-order chi connectivity index (χ1) is 7.95. The van der Waals surface area contributed by atoms with Gasteiger partial charge in [0, 0.05) is 10.2 Å². The third kappa shape index (κ3) is 3.24. The lowest BCUT2D eigenvalue weighted by atomic mass is 10.1. The van der Waals surface area contributed by atoms with Crippen LogP contribution in [-0.2, 0) is 6.42 Å². The summed E-state index contributed by atoms with van der Waals surface area (Å²) < 4.78 is 22.7. The Morgan fingerprint density at radius 1 is 1.50 bits per heavy atom. The fourth-order valence-corrected chi connectivity index (χ4v) is 1.25. The Morgan fingerprint density at radius 2 is 2.21 bits per heavy atom. The summed E-state index contributed by atoms with van der Waals surface area (Å²) in [6, 6.07) is 9.06. The Bertz CT molecular complexity index is 378. The van der Waals surface area contributed by atoms with Crippen LogP contribution in [-0.4, -0.2) is 24.5 Å². The van der Waals surface area contributed by atoms with Gasteiger partial charge in [-0.1, -0.05) is 36.3 Å². The van der Waals surface area contributed by atoms with Gasteiger partial charge in [0.1, 0.15) is 0 Å². The van der Waals surface area contributed by atoms with Gasteiger partial charge in [-0.05, 0) is 25.9 Å². The van der Waals surface area contributed by atoms with Crippen LogP contribution >= 0.6 is 0 Å². The fourth-order valence-electron chi connectivity index (χ4n) is 1.25. The van der Waals surface area contributed by atoms with Gasteiger partial charge in [-0.15, -0.1) is 6.42 Å². The summed E-state index contributed by atoms with van der Waals surface area (Å²) in [5.74, 6) is 2.48. The van der Waals surface area contributed by atoms with E-state index >= 15 is 0 Å². The molecule has 0 aliphatic rings. The predicted octanol–water partition coefficient (Wildman–Crippen LogP) is 2.18. The molecule has 0 bridgehead atoms. The van der Waals surface area contributed by atoms with Crippen LogP contribution in [0.3, 0.4) is 0 Å². The molecule has 0 spiro atoms. The smallest absolute Gasteiger partial charge is 0.0598 e. The zero-order valence-corrected chi connectivity index (χ0v) is 8.40. The molecule has 1 aromatic carbocycles. The van der Waals surface area contributed by atoms with Crippen LogP contribution in [0.2, 0.25) is 0 Å². The zero-order chi connectivity index (χ0) is 12.9. The fraction of sp³-hybridized carbons (Fsp3) is 0.385. The first-order valence-electron chi connectivity index (χ1n) is 6.13. The molecule has 1 nitrogen and oxygen atoms in total. The van der Waals surface area contributed by atoms with Gasteiger partial charge in [0.2, 0.25) is 0 Å². The molecule has 0 unspecified atom stereocenters. The molecule has 0 amide bonds. The van der Waals surface area contributed by atoms with Gasteiger partial charge in [-0.25, -0.2) is 0 Å². The lowest BCUT2D eigenvalue weighted by Gasteiger charge is -2.22. The van der Waals surface area contributed by atoms with Gasteiger partial charge in [0.15, 0.2) is 0 Å². The van der Waals surface area contributed by atoms with E-state index in [1.807, 2.05) is 30.3 Å². The van der Waals surface area contributed by atoms with Crippen LogP contribution in [0.1, 0.15) is 16.5 Å². The van der Waals surface area contributed by atoms with Crippen LogP contribution in [0.4, 0.5) is 0 Å². The number of nitrogens with zero attached hydrogens (tertiary/aromatic N) is 1. The van der Waals surface area contributed by atoms with Gasteiger partial charge in [-0.3, -0.25) is 4.90 Å². The van der Waals surface area contributed by atoms with E-state index in [4.69, 9.17) is 10.5 Å². The Hall–Kier alpha value is -1.26. The molecular weight excluding hydrogens is 170 g/mol. The molecular formula is C13H17N. The number of hydrogen-bond acceptors (Lipinski definition) is 1. The number of rotatable bonds is 4. The minimum atomic E-state index is -2.03. The van der Waals surface area contributed by atoms with Crippen molar-refractivity contribution in [1.82, 2.24) is 4.90 Å². The first-order valence-corrected chi connectivity index (χ1v) is 4.63. The maximum Gasteiger partial charge on any atom is 0.0598 e. The Balaban J connectivity index is 2.82. The third-order valence-corrected chi connectivity index (χ3v) is 2.14. The number of likely N-dealkylation sites (N-methyl/N-ethyl adjacent to an activating group) is 1. The van der Waals surface area contributed by atoms with Crippen molar-refractivity contribution in [3.05, 3.63) is 35.9 Å². The van der Waals surface area contributed by atoms with Crippen LogP contribution in [0.25, 0.3) is 0 Å². The molecule has 14 heavy (non-hydrogen) atoms. The van der Waals surface area contributed by atoms with Crippen molar-refractivity contribution in [3.63, 3.8) is 0 Å². The Morgan fingerprint density at radius 3 is 2.79 bits per heavy atom. The largest absolute Gasteiger partial charge is 0.292 e. The van der Waals surface area contributed by atoms with Crippen LogP contribution in [0.15, 0.2) is 30.3 Å². The van der Waals surface area contributed by atoms with Crippen LogP contribution < -0.4 is 0 Å². The van der Waals surface area contributed by atoms with Crippen molar-refractivity contribution in [2.75, 3.05) is 13.6 Å². The highest BCUT2D eigenvalue weighted by Gasteiger charge is 2.07. The molecule has 0 fully saturated rings. The average molecular weight is 190 g/mol. The van der Waals surface area contributed by atoms with E-state index in [2.05, 4.69) is 5.92 Å². The second-order valence-electron chi connectivity index (χ2n) is 3.32. The van der Waals surface area contributed by atoms with Gasteiger partial charge < -0.3 is 0 Å². The molecule has 0 heterocycles. The summed E-state index contributed by atoms with van der Waals surface area (Å²) in [6.07, 6.45) is 5.71. The lowest BCUT2D eigenvalue weighted by Crippen LogP contribution is -2.31. The molecule has 0 N–H and O–H groups in total. The van der Waals surface area contributed by atoms with E-state index in [1.54, 1.807) is 11.9 Å². The molecule has 1 heteroatoms. The maximum atomic E-state index is 7.57. The molecule has 0 saturated heterocycles. The second-order valence-corrected chi connectivity index (χ2v) is 3.32. The molecule has 0 aliphatic carbocycles. The van der Waals surface area contributed by atoms with E-state index in [0.29, 0.717) is 13.0 Å². The summed E-state index contributed by atoms with van der Waals surface area (Å²) >= 11 is 0. The quantitative estimate of drug-likeness (QED) is 0.658. The van der Waals surface area contributed by atoms with E-state index in [1.165, 1.54) is 0 Å². The van der Waals surface area contributed by atoms with Crippen molar-refractivity contribution < 1.29 is 4.11 Å². The van der Waals surface area contributed by atoms with E-state index < -0.39 is 12.9 Å². The van der Waals surface area contributed by atoms with Crippen molar-refractivity contribution >= 4 is 0 Å². The molecule has 0 saturated carbocycles. The van der Waals surface area contributed by atoms with Crippen LogP contribution in [0, 0.1) is 12.3 Å². The standard InChI is InChI=1S/C13H17N/c1-4-10-14(3)12(2)11-13-8-6-5-7-9-13/h1,5-9,12H,10-11H2,2-3H3/t12-/m1/s1/i2D3. The van der Waals surface area contributed by atoms with Gasteiger partial charge in [-0.2, -0.15) is 0 Å². The zero-order valence-electron chi connectivity index (χ0n) is 11.4. The summed E-state index contributed by atoms with van der Waals surface area (Å²) in [6.45, 7) is -1.68. The lowest BCUT2D eigenvalue weighted by molar-refractivity contribution is 0.287. The summed E-state index contributed by atoms with van der Waals surface area (Å²) in [7, 11) is 1.75. The number of hydrogen-bond donors (Lipinski definition) is 0. The monoisotopic (exact) mass is 190 g/mol. The van der Waals surface area contributed by atoms with E-state index in [9.17, 15) is 0 Å². The summed E-state index contributed by atoms with van der Waals surface area (Å²) in [5, 5.41) is 0. The SMILES string of the molecule is [2H]C([2H])([2H])[C@H](Cc1ccccc1)N(C)CC#C. The van der Waals surface area contributed by atoms with Gasteiger partial charge in [0.05, 0.1) is 6.54 Å².